The van der Waals surface area contributed by atoms with Gasteiger partial charge in [0.1, 0.15) is 6.04 Å². The highest BCUT2D eigenvalue weighted by Crippen LogP contribution is 2.10. The van der Waals surface area contributed by atoms with Gasteiger partial charge in [0.2, 0.25) is 5.91 Å². The molecule has 6 heteroatoms. The van der Waals surface area contributed by atoms with Crippen LogP contribution in [0.1, 0.15) is 33.6 Å². The van der Waals surface area contributed by atoms with E-state index in [0.717, 1.165) is 0 Å². The van der Waals surface area contributed by atoms with E-state index in [0.29, 0.717) is 6.42 Å². The molecule has 2 atom stereocenters. The van der Waals surface area contributed by atoms with Crippen LogP contribution in [-0.2, 0) is 23.9 Å². The van der Waals surface area contributed by atoms with Crippen molar-refractivity contribution in [3.8, 4) is 0 Å². The topological polar surface area (TPSA) is 81.7 Å². The molecular formula is C13H23NO5. The molecule has 0 bridgehead atoms. The molecule has 1 N–H and O–H groups in total. The van der Waals surface area contributed by atoms with Gasteiger partial charge in [0.15, 0.2) is 0 Å². The fraction of sp³-hybridized carbons (Fsp3) is 0.769. The third kappa shape index (κ3) is 6.79. The summed E-state index contributed by atoms with van der Waals surface area (Å²) in [4.78, 5) is 34.6. The van der Waals surface area contributed by atoms with E-state index in [-0.39, 0.29) is 18.2 Å². The SMILES string of the molecule is COC(=O)[C@@H](C)C[C@@H](NC(=O)CC(C)C)C(=O)OC. The predicted molar refractivity (Wildman–Crippen MR) is 69.2 cm³/mol. The third-order valence-corrected chi connectivity index (χ3v) is 2.61. The molecule has 0 aromatic heterocycles. The van der Waals surface area contributed by atoms with Gasteiger partial charge in [-0.05, 0) is 12.3 Å². The molecule has 1 amide bonds. The number of rotatable bonds is 7. The summed E-state index contributed by atoms with van der Waals surface area (Å²) in [6.07, 6.45) is 0.475. The molecule has 0 saturated heterocycles. The maximum absolute atomic E-state index is 11.7. The van der Waals surface area contributed by atoms with Crippen molar-refractivity contribution in [2.24, 2.45) is 11.8 Å². The van der Waals surface area contributed by atoms with Gasteiger partial charge in [-0.1, -0.05) is 20.8 Å². The van der Waals surface area contributed by atoms with Gasteiger partial charge in [-0.2, -0.15) is 0 Å². The second-order valence-electron chi connectivity index (χ2n) is 4.90. The lowest BCUT2D eigenvalue weighted by Crippen LogP contribution is -2.43. The zero-order valence-electron chi connectivity index (χ0n) is 12.2. The average molecular weight is 273 g/mol. The summed E-state index contributed by atoms with van der Waals surface area (Å²) in [5, 5.41) is 2.59. The smallest absolute Gasteiger partial charge is 0.328 e. The molecule has 0 saturated carbocycles. The van der Waals surface area contributed by atoms with E-state index in [9.17, 15) is 14.4 Å². The molecule has 0 rings (SSSR count). The minimum absolute atomic E-state index is 0.156. The normalized spacial score (nSPS) is 13.6. The van der Waals surface area contributed by atoms with Crippen molar-refractivity contribution in [3.05, 3.63) is 0 Å². The lowest BCUT2D eigenvalue weighted by Gasteiger charge is -2.19. The standard InChI is InChI=1S/C13H23NO5/c1-8(2)6-11(15)14-10(13(17)19-5)7-9(3)12(16)18-4/h8-10H,6-7H2,1-5H3,(H,14,15)/t9-,10+/m0/s1. The summed E-state index contributed by atoms with van der Waals surface area (Å²) >= 11 is 0. The highest BCUT2D eigenvalue weighted by molar-refractivity contribution is 5.85. The van der Waals surface area contributed by atoms with Crippen LogP contribution in [0.25, 0.3) is 0 Å². The van der Waals surface area contributed by atoms with Crippen LogP contribution in [0.5, 0.6) is 0 Å². The molecule has 0 radical (unpaired) electrons. The van der Waals surface area contributed by atoms with Crippen LogP contribution < -0.4 is 5.32 Å². The van der Waals surface area contributed by atoms with Crippen LogP contribution in [0.15, 0.2) is 0 Å². The summed E-state index contributed by atoms with van der Waals surface area (Å²) in [6.45, 7) is 5.45. The lowest BCUT2D eigenvalue weighted by molar-refractivity contribution is -0.149. The molecule has 0 unspecified atom stereocenters. The molecule has 0 aliphatic heterocycles. The summed E-state index contributed by atoms with van der Waals surface area (Å²) in [5.41, 5.74) is 0. The molecule has 110 valence electrons. The maximum atomic E-state index is 11.7. The molecular weight excluding hydrogens is 250 g/mol. The van der Waals surface area contributed by atoms with E-state index in [2.05, 4.69) is 14.8 Å². The number of carbonyl (C=O) groups is 3. The van der Waals surface area contributed by atoms with Crippen LogP contribution in [0, 0.1) is 11.8 Å². The largest absolute Gasteiger partial charge is 0.469 e. The Kier molecular flexibility index (Phi) is 7.79. The molecule has 0 aliphatic rings. The minimum atomic E-state index is -0.828. The van der Waals surface area contributed by atoms with Crippen molar-refractivity contribution in [2.75, 3.05) is 14.2 Å². The Balaban J connectivity index is 4.60. The van der Waals surface area contributed by atoms with E-state index >= 15 is 0 Å². The van der Waals surface area contributed by atoms with Gasteiger partial charge in [-0.15, -0.1) is 0 Å². The molecule has 0 heterocycles. The number of hydrogen-bond donors (Lipinski definition) is 1. The zero-order chi connectivity index (χ0) is 15.0. The molecule has 0 aliphatic carbocycles. The van der Waals surface area contributed by atoms with Gasteiger partial charge in [0.25, 0.3) is 0 Å². The highest BCUT2D eigenvalue weighted by Gasteiger charge is 2.27. The predicted octanol–water partition coefficient (Wildman–Crippen LogP) is 0.889. The van der Waals surface area contributed by atoms with Crippen molar-refractivity contribution in [2.45, 2.75) is 39.7 Å². The Bertz CT molecular complexity index is 327. The first kappa shape index (κ1) is 17.4. The van der Waals surface area contributed by atoms with Crippen LogP contribution in [0.2, 0.25) is 0 Å². The van der Waals surface area contributed by atoms with E-state index in [4.69, 9.17) is 0 Å². The Hall–Kier alpha value is -1.59. The first-order valence-corrected chi connectivity index (χ1v) is 6.26. The first-order chi connectivity index (χ1) is 8.81. The first-order valence-electron chi connectivity index (χ1n) is 6.26. The van der Waals surface area contributed by atoms with E-state index in [1.54, 1.807) is 6.92 Å². The fourth-order valence-electron chi connectivity index (χ4n) is 1.63. The Morgan fingerprint density at radius 2 is 1.53 bits per heavy atom. The van der Waals surface area contributed by atoms with Crippen LogP contribution >= 0.6 is 0 Å². The van der Waals surface area contributed by atoms with E-state index < -0.39 is 23.9 Å². The van der Waals surface area contributed by atoms with Gasteiger partial charge in [-0.25, -0.2) is 4.79 Å². The van der Waals surface area contributed by atoms with Gasteiger partial charge in [0, 0.05) is 6.42 Å². The molecule has 0 aromatic carbocycles. The molecule has 6 nitrogen and oxygen atoms in total. The summed E-state index contributed by atoms with van der Waals surface area (Å²) in [7, 11) is 2.52. The number of hydrogen-bond acceptors (Lipinski definition) is 5. The van der Waals surface area contributed by atoms with Gasteiger partial charge >= 0.3 is 11.9 Å². The summed E-state index contributed by atoms with van der Waals surface area (Å²) < 4.78 is 9.22. The van der Waals surface area contributed by atoms with Crippen LogP contribution in [0.4, 0.5) is 0 Å². The number of esters is 2. The van der Waals surface area contributed by atoms with Crippen molar-refractivity contribution in [1.29, 1.82) is 0 Å². The second-order valence-corrected chi connectivity index (χ2v) is 4.90. The van der Waals surface area contributed by atoms with Crippen molar-refractivity contribution >= 4 is 17.8 Å². The summed E-state index contributed by atoms with van der Waals surface area (Å²) in [5.74, 6) is -1.52. The van der Waals surface area contributed by atoms with Crippen molar-refractivity contribution in [1.82, 2.24) is 5.32 Å². The van der Waals surface area contributed by atoms with E-state index in [1.165, 1.54) is 14.2 Å². The van der Waals surface area contributed by atoms with Crippen molar-refractivity contribution < 1.29 is 23.9 Å². The highest BCUT2D eigenvalue weighted by atomic mass is 16.5. The molecule has 0 fully saturated rings. The number of nitrogens with one attached hydrogen (secondary N) is 1. The number of amides is 1. The number of ether oxygens (including phenoxy) is 2. The number of carbonyl (C=O) groups excluding carboxylic acids is 3. The Morgan fingerprint density at radius 3 is 1.95 bits per heavy atom. The Labute approximate surface area is 113 Å². The molecule has 19 heavy (non-hydrogen) atoms. The second kappa shape index (κ2) is 8.50. The average Bonchev–Trinajstić information content (AvgIpc) is 2.34. The minimum Gasteiger partial charge on any atom is -0.469 e. The maximum Gasteiger partial charge on any atom is 0.328 e. The third-order valence-electron chi connectivity index (χ3n) is 2.61. The Morgan fingerprint density at radius 1 is 1.00 bits per heavy atom. The quantitative estimate of drug-likeness (QED) is 0.697. The summed E-state index contributed by atoms with van der Waals surface area (Å²) in [6, 6.07) is -0.828. The van der Waals surface area contributed by atoms with E-state index in [1.807, 2.05) is 13.8 Å². The van der Waals surface area contributed by atoms with Crippen LogP contribution in [0.3, 0.4) is 0 Å². The zero-order valence-corrected chi connectivity index (χ0v) is 12.2. The monoisotopic (exact) mass is 273 g/mol. The van der Waals surface area contributed by atoms with Crippen LogP contribution in [-0.4, -0.2) is 38.1 Å². The molecule has 0 spiro atoms. The fourth-order valence-corrected chi connectivity index (χ4v) is 1.63. The van der Waals surface area contributed by atoms with Gasteiger partial charge < -0.3 is 14.8 Å². The van der Waals surface area contributed by atoms with Crippen molar-refractivity contribution in [3.63, 3.8) is 0 Å². The van der Waals surface area contributed by atoms with Gasteiger partial charge in [0.05, 0.1) is 20.1 Å². The lowest BCUT2D eigenvalue weighted by atomic mass is 10.0. The molecule has 0 aromatic rings. The number of methoxy groups -OCH3 is 2. The van der Waals surface area contributed by atoms with Gasteiger partial charge in [-0.3, -0.25) is 9.59 Å².